The van der Waals surface area contributed by atoms with Crippen molar-refractivity contribution < 1.29 is 28.7 Å². The van der Waals surface area contributed by atoms with Crippen LogP contribution in [0.2, 0.25) is 0 Å². The van der Waals surface area contributed by atoms with Crippen molar-refractivity contribution in [2.75, 3.05) is 6.61 Å². The number of benzene rings is 1. The van der Waals surface area contributed by atoms with E-state index in [0.717, 1.165) is 29.3 Å². The van der Waals surface area contributed by atoms with Gasteiger partial charge in [0, 0.05) is 27.2 Å². The predicted octanol–water partition coefficient (Wildman–Crippen LogP) is 5.87. The van der Waals surface area contributed by atoms with Crippen molar-refractivity contribution in [3.8, 4) is 0 Å². The van der Waals surface area contributed by atoms with Crippen LogP contribution in [0.1, 0.15) is 70.2 Å². The molecular weight excluding hydrogens is 595 g/mol. The number of fused-ring (bicyclic) bond motifs is 5. The van der Waals surface area contributed by atoms with E-state index in [1.807, 2.05) is 19.1 Å². The first kappa shape index (κ1) is 27.3. The molecule has 0 radical (unpaired) electrons. The van der Waals surface area contributed by atoms with Crippen molar-refractivity contribution in [2.45, 2.75) is 65.4 Å². The van der Waals surface area contributed by atoms with E-state index in [-0.39, 0.29) is 28.8 Å². The topological polar surface area (TPSA) is 86.7 Å². The highest BCUT2D eigenvalue weighted by Gasteiger charge is 2.71. The van der Waals surface area contributed by atoms with Crippen LogP contribution in [0.4, 0.5) is 0 Å². The van der Waals surface area contributed by atoms with Gasteiger partial charge in [0.2, 0.25) is 5.78 Å². The van der Waals surface area contributed by atoms with Gasteiger partial charge < -0.3 is 9.47 Å². The van der Waals surface area contributed by atoms with Crippen molar-refractivity contribution in [3.05, 3.63) is 57.2 Å². The van der Waals surface area contributed by atoms with Gasteiger partial charge in [0.1, 0.15) is 0 Å². The molecule has 0 bridgehead atoms. The van der Waals surface area contributed by atoms with E-state index in [9.17, 15) is 19.2 Å². The average Bonchev–Trinajstić information content (AvgIpc) is 3.10. The largest absolute Gasteiger partial charge is 0.458 e. The van der Waals surface area contributed by atoms with Gasteiger partial charge in [0.15, 0.2) is 18.0 Å². The maximum Gasteiger partial charge on any atom is 0.339 e. The Morgan fingerprint density at radius 3 is 2.61 bits per heavy atom. The molecule has 3 fully saturated rings. The minimum Gasteiger partial charge on any atom is -0.458 e. The molecule has 7 heteroatoms. The van der Waals surface area contributed by atoms with Gasteiger partial charge in [0.25, 0.3) is 0 Å². The molecule has 0 spiro atoms. The Balaban J connectivity index is 1.54. The summed E-state index contributed by atoms with van der Waals surface area (Å²) in [5.41, 5.74) is -0.559. The third kappa shape index (κ3) is 4.11. The number of halogens is 1. The molecular formula is C31H35IO6. The average molecular weight is 631 g/mol. The third-order valence-electron chi connectivity index (χ3n) is 10.2. The number of rotatable bonds is 5. The Hall–Kier alpha value is -2.29. The fourth-order valence-electron chi connectivity index (χ4n) is 8.49. The molecule has 1 aromatic rings. The van der Waals surface area contributed by atoms with E-state index >= 15 is 0 Å². The summed E-state index contributed by atoms with van der Waals surface area (Å²) in [6.45, 7) is 7.23. The molecule has 0 amide bonds. The minimum atomic E-state index is -1.40. The molecule has 7 atom stereocenters. The second-order valence-corrected chi connectivity index (χ2v) is 13.3. The molecule has 0 aromatic heterocycles. The van der Waals surface area contributed by atoms with Crippen molar-refractivity contribution in [1.82, 2.24) is 0 Å². The van der Waals surface area contributed by atoms with Gasteiger partial charge in [-0.3, -0.25) is 14.4 Å². The van der Waals surface area contributed by atoms with Crippen LogP contribution in [-0.2, 0) is 23.9 Å². The summed E-state index contributed by atoms with van der Waals surface area (Å²) in [4.78, 5) is 51.4. The highest BCUT2D eigenvalue weighted by molar-refractivity contribution is 14.1. The van der Waals surface area contributed by atoms with Crippen LogP contribution in [0, 0.1) is 38.1 Å². The Morgan fingerprint density at radius 1 is 1.13 bits per heavy atom. The summed E-state index contributed by atoms with van der Waals surface area (Å²) in [5, 5.41) is 0. The predicted molar refractivity (Wildman–Crippen MR) is 150 cm³/mol. The highest BCUT2D eigenvalue weighted by Crippen LogP contribution is 2.69. The van der Waals surface area contributed by atoms with Gasteiger partial charge in [-0.25, -0.2) is 4.79 Å². The van der Waals surface area contributed by atoms with Gasteiger partial charge in [-0.2, -0.15) is 0 Å². The smallest absolute Gasteiger partial charge is 0.339 e. The highest BCUT2D eigenvalue weighted by atomic mass is 127. The fraction of sp³-hybridized carbons (Fsp3) is 0.548. The summed E-state index contributed by atoms with van der Waals surface area (Å²) in [7, 11) is 0. The van der Waals surface area contributed by atoms with E-state index in [0.29, 0.717) is 23.8 Å². The quantitative estimate of drug-likeness (QED) is 0.299. The first-order valence-corrected chi connectivity index (χ1v) is 14.6. The lowest BCUT2D eigenvalue weighted by Gasteiger charge is -2.58. The lowest BCUT2D eigenvalue weighted by atomic mass is 9.47. The van der Waals surface area contributed by atoms with E-state index < -0.39 is 29.6 Å². The van der Waals surface area contributed by atoms with Crippen LogP contribution < -0.4 is 0 Å². The van der Waals surface area contributed by atoms with Crippen molar-refractivity contribution in [1.29, 1.82) is 0 Å². The number of hydrogen-bond acceptors (Lipinski definition) is 6. The summed E-state index contributed by atoms with van der Waals surface area (Å²) < 4.78 is 12.5. The fourth-order valence-corrected chi connectivity index (χ4v) is 9.03. The Morgan fingerprint density at radius 2 is 1.89 bits per heavy atom. The zero-order chi connectivity index (χ0) is 27.5. The molecule has 202 valence electrons. The van der Waals surface area contributed by atoms with E-state index in [1.165, 1.54) is 12.5 Å². The maximum absolute atomic E-state index is 14.0. The number of carbonyl (C=O) groups is 4. The van der Waals surface area contributed by atoms with Gasteiger partial charge in [-0.05, 0) is 103 Å². The molecule has 5 rings (SSSR count). The van der Waals surface area contributed by atoms with Gasteiger partial charge in [-0.1, -0.05) is 38.5 Å². The Labute approximate surface area is 237 Å². The summed E-state index contributed by atoms with van der Waals surface area (Å²) in [5.74, 6) is -0.738. The molecule has 6 nitrogen and oxygen atoms in total. The van der Waals surface area contributed by atoms with Gasteiger partial charge >= 0.3 is 11.9 Å². The molecule has 0 aliphatic heterocycles. The molecule has 0 heterocycles. The van der Waals surface area contributed by atoms with E-state index in [1.54, 1.807) is 24.3 Å². The monoisotopic (exact) mass is 630 g/mol. The van der Waals surface area contributed by atoms with Gasteiger partial charge in [-0.15, -0.1) is 0 Å². The number of Topliss-reactive ketones (excluding diaryl/α,β-unsaturated/α-hetero) is 1. The van der Waals surface area contributed by atoms with Crippen LogP contribution in [0.5, 0.6) is 0 Å². The second-order valence-electron chi connectivity index (χ2n) is 12.0. The van der Waals surface area contributed by atoms with Crippen LogP contribution in [-0.4, -0.2) is 35.7 Å². The van der Waals surface area contributed by atoms with Crippen LogP contribution >= 0.6 is 22.6 Å². The van der Waals surface area contributed by atoms with Crippen molar-refractivity contribution >= 4 is 46.1 Å². The Bertz CT molecular complexity index is 1260. The molecule has 4 aliphatic carbocycles. The van der Waals surface area contributed by atoms with Crippen molar-refractivity contribution in [2.24, 2.45) is 34.5 Å². The molecule has 3 saturated carbocycles. The summed E-state index contributed by atoms with van der Waals surface area (Å²) in [6, 6.07) is 7.17. The van der Waals surface area contributed by atoms with Gasteiger partial charge in [0.05, 0.1) is 5.56 Å². The zero-order valence-corrected chi connectivity index (χ0v) is 24.6. The molecule has 0 saturated heterocycles. The normalized spacial score (nSPS) is 37.4. The maximum atomic E-state index is 14.0. The number of allylic oxidation sites excluding steroid dienone is 4. The SMILES string of the molecule is CC(=O)OCC(=O)[C@@]1(OC(=O)c2cccc(I)c2)[C@@H](C)C[C@H]2[C@@H]3CCC4=CC(=O)C=C[C@]4(C)[C@H]3CC[C@@]21C. The number of ether oxygens (including phenoxy) is 2. The number of esters is 2. The molecule has 0 unspecified atom stereocenters. The van der Waals surface area contributed by atoms with Crippen molar-refractivity contribution in [3.63, 3.8) is 0 Å². The molecule has 38 heavy (non-hydrogen) atoms. The lowest BCUT2D eigenvalue weighted by Crippen LogP contribution is -2.61. The standard InChI is InChI=1S/C31H35IO6/c1-18-14-26-24-9-8-21-16-23(34)10-12-29(21,3)25(24)11-13-30(26,4)31(18,27(35)17-37-19(2)33)38-28(36)20-6-5-7-22(32)15-20/h5-7,10,12,15-16,18,24-26H,8-9,11,13-14,17H2,1-4H3/t18-,24+,25-,26-,29-,30-,31-/m0/s1. The molecule has 4 aliphatic rings. The second kappa shape index (κ2) is 9.72. The molecule has 0 N–H and O–H groups in total. The van der Waals surface area contributed by atoms with E-state index in [4.69, 9.17) is 9.47 Å². The number of carbonyl (C=O) groups excluding carboxylic acids is 4. The van der Waals surface area contributed by atoms with Crippen LogP contribution in [0.15, 0.2) is 48.1 Å². The minimum absolute atomic E-state index is 0.0589. The zero-order valence-electron chi connectivity index (χ0n) is 22.4. The Kier molecular flexibility index (Phi) is 6.98. The van der Waals surface area contributed by atoms with Crippen LogP contribution in [0.3, 0.4) is 0 Å². The first-order valence-electron chi connectivity index (χ1n) is 13.5. The van der Waals surface area contributed by atoms with Crippen LogP contribution in [0.25, 0.3) is 0 Å². The lowest BCUT2D eigenvalue weighted by molar-refractivity contribution is -0.174. The molecule has 1 aromatic carbocycles. The number of ketones is 2. The summed E-state index contributed by atoms with van der Waals surface area (Å²) >= 11 is 2.15. The summed E-state index contributed by atoms with van der Waals surface area (Å²) in [6.07, 6.45) is 9.73. The van der Waals surface area contributed by atoms with E-state index in [2.05, 4.69) is 42.5 Å². The third-order valence-corrected chi connectivity index (χ3v) is 10.9. The number of hydrogen-bond donors (Lipinski definition) is 0. The first-order chi connectivity index (χ1) is 17.9.